The van der Waals surface area contributed by atoms with Crippen LogP contribution < -0.4 is 5.32 Å². The van der Waals surface area contributed by atoms with Crippen molar-refractivity contribution in [2.24, 2.45) is 0 Å². The topological polar surface area (TPSA) is 59.8 Å². The summed E-state index contributed by atoms with van der Waals surface area (Å²) in [6, 6.07) is 18.4. The third-order valence-corrected chi connectivity index (χ3v) is 5.93. The summed E-state index contributed by atoms with van der Waals surface area (Å²) >= 11 is 6.02. The lowest BCUT2D eigenvalue weighted by atomic mass is 10.1. The Labute approximate surface area is 182 Å². The summed E-state index contributed by atoms with van der Waals surface area (Å²) < 4.78 is 2.25. The monoisotopic (exact) mass is 422 g/mol. The molecular formula is C24H27ClN4O. The number of nitrogens with zero attached hydrogens (tertiary/aromatic N) is 3. The largest absolute Gasteiger partial charge is 0.353 e. The second-order valence-corrected chi connectivity index (χ2v) is 8.33. The summed E-state index contributed by atoms with van der Waals surface area (Å²) in [4.78, 5) is 12.4. The minimum atomic E-state index is 0.0990. The van der Waals surface area contributed by atoms with Crippen LogP contribution in [0.3, 0.4) is 0 Å². The van der Waals surface area contributed by atoms with Gasteiger partial charge in [-0.05, 0) is 48.9 Å². The molecule has 1 atom stereocenters. The van der Waals surface area contributed by atoms with Gasteiger partial charge in [0.2, 0.25) is 5.91 Å². The van der Waals surface area contributed by atoms with Gasteiger partial charge in [-0.15, -0.1) is 10.2 Å². The Balaban J connectivity index is 1.28. The first-order valence-corrected chi connectivity index (χ1v) is 11.0. The Morgan fingerprint density at radius 3 is 2.67 bits per heavy atom. The third kappa shape index (κ3) is 5.48. The van der Waals surface area contributed by atoms with Crippen LogP contribution in [0.25, 0.3) is 0 Å². The molecule has 1 aliphatic rings. The van der Waals surface area contributed by atoms with Crippen molar-refractivity contribution in [3.05, 3.63) is 82.4 Å². The molecule has 0 bridgehead atoms. The molecule has 2 heterocycles. The minimum Gasteiger partial charge on any atom is -0.353 e. The molecule has 6 heteroatoms. The molecule has 0 saturated heterocycles. The fourth-order valence-electron chi connectivity index (χ4n) is 4.03. The molecule has 1 aliphatic heterocycles. The van der Waals surface area contributed by atoms with Gasteiger partial charge >= 0.3 is 0 Å². The predicted molar refractivity (Wildman–Crippen MR) is 119 cm³/mol. The van der Waals surface area contributed by atoms with E-state index in [1.165, 1.54) is 5.56 Å². The van der Waals surface area contributed by atoms with Crippen LogP contribution in [0, 0.1) is 0 Å². The van der Waals surface area contributed by atoms with E-state index in [1.807, 2.05) is 30.3 Å². The molecule has 2 aromatic carbocycles. The zero-order valence-electron chi connectivity index (χ0n) is 17.1. The number of hydrogen-bond acceptors (Lipinski definition) is 3. The van der Waals surface area contributed by atoms with Crippen LogP contribution in [0.15, 0.2) is 54.6 Å². The molecule has 1 unspecified atom stereocenters. The number of nitrogens with one attached hydrogen (secondary N) is 1. The Morgan fingerprint density at radius 1 is 1.00 bits per heavy atom. The number of carbonyl (C=O) groups is 1. The third-order valence-electron chi connectivity index (χ3n) is 5.70. The highest BCUT2D eigenvalue weighted by molar-refractivity contribution is 6.30. The number of rotatable bonds is 7. The fraction of sp³-hybridized carbons (Fsp3) is 0.375. The average Bonchev–Trinajstić information content (AvgIpc) is 3.04. The summed E-state index contributed by atoms with van der Waals surface area (Å²) in [5, 5.41) is 12.8. The number of fused-ring (bicyclic) bond motifs is 1. The maximum absolute atomic E-state index is 12.4. The quantitative estimate of drug-likeness (QED) is 0.621. The van der Waals surface area contributed by atoms with Gasteiger partial charge in [-0.3, -0.25) is 4.79 Å². The number of aromatic nitrogens is 3. The van der Waals surface area contributed by atoms with Gasteiger partial charge < -0.3 is 9.88 Å². The number of carbonyl (C=O) groups excluding carboxylic acids is 1. The highest BCUT2D eigenvalue weighted by Crippen LogP contribution is 2.17. The van der Waals surface area contributed by atoms with Crippen molar-refractivity contribution >= 4 is 17.5 Å². The van der Waals surface area contributed by atoms with Crippen LogP contribution in [0.4, 0.5) is 0 Å². The molecule has 3 aromatic rings. The van der Waals surface area contributed by atoms with Crippen LogP contribution in [-0.4, -0.2) is 26.7 Å². The lowest BCUT2D eigenvalue weighted by molar-refractivity contribution is -0.121. The summed E-state index contributed by atoms with van der Waals surface area (Å²) in [6.45, 7) is 0.853. The molecule has 1 aromatic heterocycles. The van der Waals surface area contributed by atoms with Crippen LogP contribution in [-0.2, 0) is 37.0 Å². The number of hydrogen-bond donors (Lipinski definition) is 1. The number of benzene rings is 2. The van der Waals surface area contributed by atoms with E-state index >= 15 is 0 Å². The van der Waals surface area contributed by atoms with Gasteiger partial charge in [0.05, 0.1) is 0 Å². The predicted octanol–water partition coefficient (Wildman–Crippen LogP) is 4.17. The molecule has 0 aliphatic carbocycles. The SMILES string of the molecule is O=C(CCc1cccc(Cl)c1)NC1CCc2nnc(CCc3ccccc3)n2CC1. The van der Waals surface area contributed by atoms with Gasteiger partial charge in [-0.1, -0.05) is 54.1 Å². The molecule has 5 nitrogen and oxygen atoms in total. The maximum Gasteiger partial charge on any atom is 0.220 e. The van der Waals surface area contributed by atoms with Crippen LogP contribution in [0.2, 0.25) is 5.02 Å². The van der Waals surface area contributed by atoms with E-state index in [0.29, 0.717) is 17.9 Å². The number of halogens is 1. The smallest absolute Gasteiger partial charge is 0.220 e. The summed E-state index contributed by atoms with van der Waals surface area (Å²) in [6.07, 6.45) is 5.68. The Morgan fingerprint density at radius 2 is 1.83 bits per heavy atom. The summed E-state index contributed by atoms with van der Waals surface area (Å²) in [7, 11) is 0. The lowest BCUT2D eigenvalue weighted by Gasteiger charge is -2.16. The molecule has 4 rings (SSSR count). The van der Waals surface area contributed by atoms with E-state index < -0.39 is 0 Å². The van der Waals surface area contributed by atoms with E-state index in [4.69, 9.17) is 11.6 Å². The lowest BCUT2D eigenvalue weighted by Crippen LogP contribution is -2.35. The van der Waals surface area contributed by atoms with Gasteiger partial charge in [-0.2, -0.15) is 0 Å². The molecular weight excluding hydrogens is 396 g/mol. The first-order chi connectivity index (χ1) is 14.7. The van der Waals surface area contributed by atoms with Crippen molar-refractivity contribution < 1.29 is 4.79 Å². The van der Waals surface area contributed by atoms with Crippen molar-refractivity contribution in [2.45, 2.75) is 57.5 Å². The van der Waals surface area contributed by atoms with Gasteiger partial charge in [0.25, 0.3) is 0 Å². The molecule has 1 N–H and O–H groups in total. The van der Waals surface area contributed by atoms with Crippen LogP contribution in [0.1, 0.15) is 42.0 Å². The van der Waals surface area contributed by atoms with Gasteiger partial charge in [0, 0.05) is 36.9 Å². The van der Waals surface area contributed by atoms with Crippen molar-refractivity contribution in [1.82, 2.24) is 20.1 Å². The molecule has 0 fully saturated rings. The average molecular weight is 423 g/mol. The minimum absolute atomic E-state index is 0.0990. The van der Waals surface area contributed by atoms with Crippen molar-refractivity contribution in [3.63, 3.8) is 0 Å². The number of aryl methyl sites for hydroxylation is 4. The van der Waals surface area contributed by atoms with E-state index in [9.17, 15) is 4.79 Å². The van der Waals surface area contributed by atoms with E-state index in [0.717, 1.165) is 55.9 Å². The first kappa shape index (κ1) is 20.6. The normalized spacial score (nSPS) is 16.0. The zero-order valence-corrected chi connectivity index (χ0v) is 17.8. The van der Waals surface area contributed by atoms with Crippen LogP contribution in [0.5, 0.6) is 0 Å². The van der Waals surface area contributed by atoms with E-state index in [1.54, 1.807) is 0 Å². The second-order valence-electron chi connectivity index (χ2n) is 7.89. The molecule has 156 valence electrons. The van der Waals surface area contributed by atoms with Crippen molar-refractivity contribution in [3.8, 4) is 0 Å². The standard InChI is InChI=1S/C24H27ClN4O/c25-20-8-4-7-19(17-20)10-14-24(30)26-21-11-13-23-28-27-22(29(23)16-15-21)12-9-18-5-2-1-3-6-18/h1-8,17,21H,9-16H2,(H,26,30). The Bertz CT molecular complexity index is 986. The first-order valence-electron chi connectivity index (χ1n) is 10.7. The zero-order chi connectivity index (χ0) is 20.8. The van der Waals surface area contributed by atoms with Gasteiger partial charge in [0.1, 0.15) is 11.6 Å². The van der Waals surface area contributed by atoms with Gasteiger partial charge in [-0.25, -0.2) is 0 Å². The van der Waals surface area contributed by atoms with Crippen molar-refractivity contribution in [1.29, 1.82) is 0 Å². The highest BCUT2D eigenvalue weighted by atomic mass is 35.5. The molecule has 30 heavy (non-hydrogen) atoms. The van der Waals surface area contributed by atoms with Gasteiger partial charge in [0.15, 0.2) is 0 Å². The van der Waals surface area contributed by atoms with Crippen molar-refractivity contribution in [2.75, 3.05) is 0 Å². The Kier molecular flexibility index (Phi) is 6.80. The summed E-state index contributed by atoms with van der Waals surface area (Å²) in [5.41, 5.74) is 2.40. The summed E-state index contributed by atoms with van der Waals surface area (Å²) in [5.74, 6) is 2.18. The highest BCUT2D eigenvalue weighted by Gasteiger charge is 2.21. The molecule has 0 saturated carbocycles. The molecule has 1 amide bonds. The van der Waals surface area contributed by atoms with E-state index in [-0.39, 0.29) is 11.9 Å². The van der Waals surface area contributed by atoms with Crippen LogP contribution >= 0.6 is 11.6 Å². The maximum atomic E-state index is 12.4. The van der Waals surface area contributed by atoms with E-state index in [2.05, 4.69) is 44.3 Å². The molecule has 0 radical (unpaired) electrons. The second kappa shape index (κ2) is 9.90. The molecule has 0 spiro atoms. The Hall–Kier alpha value is -2.66. The fourth-order valence-corrected chi connectivity index (χ4v) is 4.24. The number of amides is 1.